The van der Waals surface area contributed by atoms with E-state index >= 15 is 0 Å². The van der Waals surface area contributed by atoms with Crippen molar-refractivity contribution in [1.29, 1.82) is 0 Å². The molecule has 0 unspecified atom stereocenters. The molecule has 0 bridgehead atoms. The Balaban J connectivity index is 1.43. The lowest BCUT2D eigenvalue weighted by Crippen LogP contribution is -2.06. The number of rotatable bonds is 4. The van der Waals surface area contributed by atoms with Crippen LogP contribution in [0, 0.1) is 0 Å². The standard InChI is InChI=1S/C34H22N6/c1-3-11-23(12-4-1)32-36-33(24-13-5-2-6-14-24)38-34(37-32)40-29-17-9-7-15-26(29)27-20-19-25(21-31(27)40)39-22-35-28-16-8-10-18-30(28)39/h1-22H. The number of imidazole rings is 1. The largest absolute Gasteiger partial charge is 0.299 e. The summed E-state index contributed by atoms with van der Waals surface area (Å²) < 4.78 is 4.27. The van der Waals surface area contributed by atoms with E-state index in [-0.39, 0.29) is 0 Å². The quantitative estimate of drug-likeness (QED) is 0.242. The Hall–Kier alpha value is -5.62. The van der Waals surface area contributed by atoms with E-state index in [1.165, 1.54) is 0 Å². The molecule has 0 aliphatic rings. The van der Waals surface area contributed by atoms with Crippen LogP contribution >= 0.6 is 0 Å². The van der Waals surface area contributed by atoms with Crippen molar-refractivity contribution in [2.75, 3.05) is 0 Å². The maximum atomic E-state index is 5.04. The first-order chi connectivity index (χ1) is 19.8. The van der Waals surface area contributed by atoms with Crippen LogP contribution in [0.3, 0.4) is 0 Å². The molecule has 6 heteroatoms. The van der Waals surface area contributed by atoms with Crippen LogP contribution in [0.4, 0.5) is 0 Å². The molecule has 0 atom stereocenters. The van der Waals surface area contributed by atoms with E-state index in [1.54, 1.807) is 0 Å². The lowest BCUT2D eigenvalue weighted by Gasteiger charge is -2.11. The van der Waals surface area contributed by atoms with E-state index in [0.29, 0.717) is 17.6 Å². The first-order valence-electron chi connectivity index (χ1n) is 13.2. The van der Waals surface area contributed by atoms with Gasteiger partial charge >= 0.3 is 0 Å². The fraction of sp³-hybridized carbons (Fsp3) is 0. The summed E-state index contributed by atoms with van der Waals surface area (Å²) in [6.45, 7) is 0. The molecule has 0 aliphatic heterocycles. The van der Waals surface area contributed by atoms with E-state index in [0.717, 1.165) is 49.7 Å². The number of fused-ring (bicyclic) bond motifs is 4. The Morgan fingerprint density at radius 1 is 0.475 bits per heavy atom. The predicted octanol–water partition coefficient (Wildman–Crippen LogP) is 7.64. The molecule has 0 aliphatic carbocycles. The van der Waals surface area contributed by atoms with Gasteiger partial charge in [0.1, 0.15) is 6.33 Å². The number of para-hydroxylation sites is 3. The minimum Gasteiger partial charge on any atom is -0.299 e. The molecule has 0 N–H and O–H groups in total. The molecule has 3 aromatic heterocycles. The van der Waals surface area contributed by atoms with Crippen molar-refractivity contribution in [2.24, 2.45) is 0 Å². The summed E-state index contributed by atoms with van der Waals surface area (Å²) in [5, 5.41) is 2.27. The van der Waals surface area contributed by atoms with Gasteiger partial charge in [-0.05, 0) is 30.3 Å². The molecule has 0 fully saturated rings. The Morgan fingerprint density at radius 2 is 1.07 bits per heavy atom. The Morgan fingerprint density at radius 3 is 1.80 bits per heavy atom. The Kier molecular flexibility index (Phi) is 5.03. The molecule has 5 aromatic carbocycles. The maximum absolute atomic E-state index is 5.04. The van der Waals surface area contributed by atoms with Crippen LogP contribution in [0.2, 0.25) is 0 Å². The molecule has 0 spiro atoms. The minimum absolute atomic E-state index is 0.576. The average molecular weight is 515 g/mol. The highest BCUT2D eigenvalue weighted by Gasteiger charge is 2.18. The molecule has 3 heterocycles. The van der Waals surface area contributed by atoms with Gasteiger partial charge in [-0.3, -0.25) is 9.13 Å². The lowest BCUT2D eigenvalue weighted by molar-refractivity contribution is 0.952. The second kappa shape index (κ2) is 8.99. The molecule has 40 heavy (non-hydrogen) atoms. The van der Waals surface area contributed by atoms with Gasteiger partial charge < -0.3 is 0 Å². The van der Waals surface area contributed by atoms with Crippen molar-refractivity contribution in [3.8, 4) is 34.4 Å². The van der Waals surface area contributed by atoms with Crippen LogP contribution in [0.25, 0.3) is 67.3 Å². The highest BCUT2D eigenvalue weighted by Crippen LogP contribution is 2.34. The zero-order valence-electron chi connectivity index (χ0n) is 21.4. The van der Waals surface area contributed by atoms with Crippen LogP contribution in [-0.4, -0.2) is 29.1 Å². The van der Waals surface area contributed by atoms with Crippen LogP contribution < -0.4 is 0 Å². The van der Waals surface area contributed by atoms with Crippen molar-refractivity contribution in [2.45, 2.75) is 0 Å². The maximum Gasteiger partial charge on any atom is 0.238 e. The summed E-state index contributed by atoms with van der Waals surface area (Å²) in [6.07, 6.45) is 1.88. The molecular weight excluding hydrogens is 492 g/mol. The minimum atomic E-state index is 0.576. The summed E-state index contributed by atoms with van der Waals surface area (Å²) in [5.74, 6) is 1.84. The zero-order chi connectivity index (χ0) is 26.5. The van der Waals surface area contributed by atoms with Crippen LogP contribution in [-0.2, 0) is 0 Å². The third-order valence-electron chi connectivity index (χ3n) is 7.28. The molecule has 8 rings (SSSR count). The first-order valence-corrected chi connectivity index (χ1v) is 13.2. The number of hydrogen-bond acceptors (Lipinski definition) is 4. The van der Waals surface area contributed by atoms with E-state index in [1.807, 2.05) is 85.2 Å². The van der Waals surface area contributed by atoms with Crippen molar-refractivity contribution < 1.29 is 0 Å². The second-order valence-corrected chi connectivity index (χ2v) is 9.67. The lowest BCUT2D eigenvalue weighted by atomic mass is 10.1. The van der Waals surface area contributed by atoms with Crippen LogP contribution in [0.15, 0.2) is 134 Å². The van der Waals surface area contributed by atoms with Gasteiger partial charge in [-0.25, -0.2) is 9.97 Å². The molecule has 0 radical (unpaired) electrons. The van der Waals surface area contributed by atoms with Gasteiger partial charge in [0.2, 0.25) is 5.95 Å². The van der Waals surface area contributed by atoms with Gasteiger partial charge in [0.05, 0.1) is 22.1 Å². The van der Waals surface area contributed by atoms with E-state index in [2.05, 4.69) is 62.6 Å². The Labute approximate surface area is 229 Å². The summed E-state index contributed by atoms with van der Waals surface area (Å²) in [7, 11) is 0. The topological polar surface area (TPSA) is 61.4 Å². The van der Waals surface area contributed by atoms with Crippen molar-refractivity contribution >= 4 is 32.8 Å². The molecule has 188 valence electrons. The van der Waals surface area contributed by atoms with E-state index in [9.17, 15) is 0 Å². The van der Waals surface area contributed by atoms with Gasteiger partial charge in [0.15, 0.2) is 11.6 Å². The predicted molar refractivity (Wildman–Crippen MR) is 160 cm³/mol. The third kappa shape index (κ3) is 3.58. The number of benzene rings is 5. The highest BCUT2D eigenvalue weighted by atomic mass is 15.2. The third-order valence-corrected chi connectivity index (χ3v) is 7.28. The average Bonchev–Trinajstić information content (AvgIpc) is 3.61. The zero-order valence-corrected chi connectivity index (χ0v) is 21.4. The number of nitrogens with zero attached hydrogens (tertiary/aromatic N) is 6. The molecular formula is C34H22N6. The molecule has 0 saturated carbocycles. The fourth-order valence-corrected chi connectivity index (χ4v) is 5.39. The SMILES string of the molecule is c1ccc(-c2nc(-c3ccccc3)nc(-n3c4ccccc4c4ccc(-n5cnc6ccccc65)cc43)n2)cc1. The fourth-order valence-electron chi connectivity index (χ4n) is 5.39. The summed E-state index contributed by atoms with van der Waals surface area (Å²) in [4.78, 5) is 19.6. The number of aromatic nitrogens is 6. The van der Waals surface area contributed by atoms with E-state index < -0.39 is 0 Å². The monoisotopic (exact) mass is 514 g/mol. The van der Waals surface area contributed by atoms with Gasteiger partial charge in [-0.1, -0.05) is 97.1 Å². The Bertz CT molecular complexity index is 2100. The van der Waals surface area contributed by atoms with Gasteiger partial charge in [0, 0.05) is 27.6 Å². The first kappa shape index (κ1) is 22.4. The summed E-state index contributed by atoms with van der Waals surface area (Å²) in [6, 6.07) is 43.2. The van der Waals surface area contributed by atoms with Crippen LogP contribution in [0.5, 0.6) is 0 Å². The summed E-state index contributed by atoms with van der Waals surface area (Å²) in [5.41, 5.74) is 6.97. The van der Waals surface area contributed by atoms with Gasteiger partial charge in [-0.2, -0.15) is 9.97 Å². The molecule has 6 nitrogen and oxygen atoms in total. The molecule has 0 saturated heterocycles. The van der Waals surface area contributed by atoms with Gasteiger partial charge in [-0.15, -0.1) is 0 Å². The highest BCUT2D eigenvalue weighted by molar-refractivity contribution is 6.09. The van der Waals surface area contributed by atoms with Gasteiger partial charge in [0.25, 0.3) is 0 Å². The number of hydrogen-bond donors (Lipinski definition) is 0. The summed E-state index contributed by atoms with van der Waals surface area (Å²) >= 11 is 0. The van der Waals surface area contributed by atoms with Crippen molar-refractivity contribution in [1.82, 2.24) is 29.1 Å². The molecule has 0 amide bonds. The smallest absolute Gasteiger partial charge is 0.238 e. The molecule has 8 aromatic rings. The van der Waals surface area contributed by atoms with E-state index in [4.69, 9.17) is 15.0 Å². The second-order valence-electron chi connectivity index (χ2n) is 9.67. The van der Waals surface area contributed by atoms with Crippen LogP contribution in [0.1, 0.15) is 0 Å². The van der Waals surface area contributed by atoms with Crippen molar-refractivity contribution in [3.63, 3.8) is 0 Å². The normalized spacial score (nSPS) is 11.5. The van der Waals surface area contributed by atoms with Crippen molar-refractivity contribution in [3.05, 3.63) is 134 Å².